The third-order valence-electron chi connectivity index (χ3n) is 1.98. The fourth-order valence-corrected chi connectivity index (χ4v) is 1.64. The maximum atomic E-state index is 10.3. The first-order valence-electron chi connectivity index (χ1n) is 4.36. The molecule has 4 heteroatoms. The standard InChI is InChI=1S/C10H12BrNO2/c11-8-5-1-3-7(10(8)12)4-2-6-9(13)14/h1,3,5H,2,4,6,12H2,(H,13,14). The maximum Gasteiger partial charge on any atom is 0.303 e. The monoisotopic (exact) mass is 257 g/mol. The van der Waals surface area contributed by atoms with Crippen LogP contribution in [-0.2, 0) is 11.2 Å². The number of nitrogens with two attached hydrogens (primary N) is 1. The predicted molar refractivity (Wildman–Crippen MR) is 59.1 cm³/mol. The van der Waals surface area contributed by atoms with Crippen molar-refractivity contribution in [1.82, 2.24) is 0 Å². The molecular formula is C10H12BrNO2. The number of aliphatic carboxylic acids is 1. The van der Waals surface area contributed by atoms with Crippen LogP contribution in [0.4, 0.5) is 5.69 Å². The number of carboxylic acids is 1. The second-order valence-corrected chi connectivity index (χ2v) is 3.91. The number of rotatable bonds is 4. The average Bonchev–Trinajstić information content (AvgIpc) is 2.12. The molecule has 0 saturated carbocycles. The molecule has 14 heavy (non-hydrogen) atoms. The predicted octanol–water partition coefficient (Wildman–Crippen LogP) is 2.44. The summed E-state index contributed by atoms with van der Waals surface area (Å²) in [4.78, 5) is 10.3. The lowest BCUT2D eigenvalue weighted by atomic mass is 10.1. The first kappa shape index (κ1) is 11.0. The topological polar surface area (TPSA) is 63.3 Å². The number of hydrogen-bond donors (Lipinski definition) is 2. The van der Waals surface area contributed by atoms with E-state index in [0.717, 1.165) is 10.0 Å². The Morgan fingerprint density at radius 3 is 2.86 bits per heavy atom. The molecule has 0 amide bonds. The van der Waals surface area contributed by atoms with Gasteiger partial charge in [0, 0.05) is 16.6 Å². The SMILES string of the molecule is Nc1c(Br)cccc1CCCC(=O)O. The van der Waals surface area contributed by atoms with Gasteiger partial charge in [-0.25, -0.2) is 0 Å². The normalized spacial score (nSPS) is 10.1. The van der Waals surface area contributed by atoms with E-state index in [1.807, 2.05) is 18.2 Å². The molecule has 1 aromatic rings. The van der Waals surface area contributed by atoms with Gasteiger partial charge in [0.2, 0.25) is 0 Å². The number of nitrogen functional groups attached to an aromatic ring is 1. The van der Waals surface area contributed by atoms with E-state index in [1.165, 1.54) is 0 Å². The Balaban J connectivity index is 2.59. The minimum absolute atomic E-state index is 0.186. The Bertz CT molecular complexity index is 339. The number of para-hydroxylation sites is 1. The lowest BCUT2D eigenvalue weighted by Crippen LogP contribution is -1.99. The van der Waals surface area contributed by atoms with Crippen LogP contribution in [0.25, 0.3) is 0 Å². The van der Waals surface area contributed by atoms with Crippen molar-refractivity contribution in [3.05, 3.63) is 28.2 Å². The highest BCUT2D eigenvalue weighted by molar-refractivity contribution is 9.10. The van der Waals surface area contributed by atoms with Crippen LogP contribution in [0.2, 0.25) is 0 Å². The number of aryl methyl sites for hydroxylation is 1. The van der Waals surface area contributed by atoms with Gasteiger partial charge in [0.1, 0.15) is 0 Å². The number of hydrogen-bond acceptors (Lipinski definition) is 2. The Morgan fingerprint density at radius 2 is 2.21 bits per heavy atom. The van der Waals surface area contributed by atoms with E-state index in [-0.39, 0.29) is 6.42 Å². The molecule has 3 N–H and O–H groups in total. The highest BCUT2D eigenvalue weighted by Crippen LogP contribution is 2.24. The van der Waals surface area contributed by atoms with Crippen LogP contribution >= 0.6 is 15.9 Å². The van der Waals surface area contributed by atoms with E-state index in [4.69, 9.17) is 10.8 Å². The van der Waals surface area contributed by atoms with Crippen LogP contribution in [0.1, 0.15) is 18.4 Å². The van der Waals surface area contributed by atoms with Crippen molar-refractivity contribution in [2.75, 3.05) is 5.73 Å². The lowest BCUT2D eigenvalue weighted by molar-refractivity contribution is -0.137. The number of carbonyl (C=O) groups is 1. The molecule has 0 heterocycles. The molecule has 0 atom stereocenters. The van der Waals surface area contributed by atoms with Gasteiger partial charge in [0.15, 0.2) is 0 Å². The van der Waals surface area contributed by atoms with Crippen molar-refractivity contribution in [2.45, 2.75) is 19.3 Å². The first-order chi connectivity index (χ1) is 6.61. The van der Waals surface area contributed by atoms with Crippen LogP contribution in [0.15, 0.2) is 22.7 Å². The molecule has 1 aromatic carbocycles. The number of benzene rings is 1. The first-order valence-corrected chi connectivity index (χ1v) is 5.15. The largest absolute Gasteiger partial charge is 0.481 e. The molecule has 0 unspecified atom stereocenters. The van der Waals surface area contributed by atoms with Gasteiger partial charge < -0.3 is 10.8 Å². The van der Waals surface area contributed by atoms with Gasteiger partial charge in [-0.2, -0.15) is 0 Å². The summed E-state index contributed by atoms with van der Waals surface area (Å²) in [6, 6.07) is 5.69. The molecular weight excluding hydrogens is 246 g/mol. The third kappa shape index (κ3) is 3.03. The Morgan fingerprint density at radius 1 is 1.50 bits per heavy atom. The van der Waals surface area contributed by atoms with E-state index in [0.29, 0.717) is 18.5 Å². The fraction of sp³-hybridized carbons (Fsp3) is 0.300. The zero-order valence-corrected chi connectivity index (χ0v) is 9.25. The van der Waals surface area contributed by atoms with Crippen molar-refractivity contribution >= 4 is 27.6 Å². The van der Waals surface area contributed by atoms with E-state index in [9.17, 15) is 4.79 Å². The van der Waals surface area contributed by atoms with Gasteiger partial charge in [0.25, 0.3) is 0 Å². The minimum atomic E-state index is -0.765. The zero-order valence-electron chi connectivity index (χ0n) is 7.66. The molecule has 0 radical (unpaired) electrons. The molecule has 1 rings (SSSR count). The summed E-state index contributed by atoms with van der Waals surface area (Å²) in [6.07, 6.45) is 1.51. The summed E-state index contributed by atoms with van der Waals surface area (Å²) in [6.45, 7) is 0. The van der Waals surface area contributed by atoms with Gasteiger partial charge in [0.05, 0.1) is 0 Å². The van der Waals surface area contributed by atoms with Gasteiger partial charge in [-0.15, -0.1) is 0 Å². The summed E-state index contributed by atoms with van der Waals surface area (Å²) >= 11 is 3.33. The zero-order chi connectivity index (χ0) is 10.6. The summed E-state index contributed by atoms with van der Waals surface area (Å²) in [7, 11) is 0. The van der Waals surface area contributed by atoms with Crippen LogP contribution in [0.5, 0.6) is 0 Å². The smallest absolute Gasteiger partial charge is 0.303 e. The molecule has 0 aliphatic rings. The number of anilines is 1. The average molecular weight is 258 g/mol. The molecule has 0 fully saturated rings. The van der Waals surface area contributed by atoms with Crippen molar-refractivity contribution in [3.63, 3.8) is 0 Å². The summed E-state index contributed by atoms with van der Waals surface area (Å²) in [5.41, 5.74) is 7.51. The van der Waals surface area contributed by atoms with Crippen LogP contribution in [0.3, 0.4) is 0 Å². The highest BCUT2D eigenvalue weighted by Gasteiger charge is 2.03. The maximum absolute atomic E-state index is 10.3. The molecule has 0 aliphatic heterocycles. The van der Waals surface area contributed by atoms with E-state index in [2.05, 4.69) is 15.9 Å². The second kappa shape index (κ2) is 5.00. The quantitative estimate of drug-likeness (QED) is 0.815. The van der Waals surface area contributed by atoms with Crippen molar-refractivity contribution in [1.29, 1.82) is 0 Å². The number of halogens is 1. The molecule has 0 aliphatic carbocycles. The van der Waals surface area contributed by atoms with Crippen LogP contribution in [0, 0.1) is 0 Å². The summed E-state index contributed by atoms with van der Waals surface area (Å²) < 4.78 is 0.866. The van der Waals surface area contributed by atoms with Crippen molar-refractivity contribution in [2.24, 2.45) is 0 Å². The lowest BCUT2D eigenvalue weighted by Gasteiger charge is -2.05. The van der Waals surface area contributed by atoms with Gasteiger partial charge >= 0.3 is 5.97 Å². The van der Waals surface area contributed by atoms with Crippen LogP contribution in [-0.4, -0.2) is 11.1 Å². The molecule has 0 aromatic heterocycles. The molecule has 76 valence electrons. The van der Waals surface area contributed by atoms with Crippen molar-refractivity contribution < 1.29 is 9.90 Å². The molecule has 0 bridgehead atoms. The van der Waals surface area contributed by atoms with Gasteiger partial charge in [-0.1, -0.05) is 12.1 Å². The third-order valence-corrected chi connectivity index (χ3v) is 2.67. The molecule has 0 saturated heterocycles. The number of carboxylic acid groups (broad SMARTS) is 1. The molecule has 0 spiro atoms. The van der Waals surface area contributed by atoms with Crippen LogP contribution < -0.4 is 5.73 Å². The van der Waals surface area contributed by atoms with Crippen molar-refractivity contribution in [3.8, 4) is 0 Å². The van der Waals surface area contributed by atoms with E-state index in [1.54, 1.807) is 0 Å². The minimum Gasteiger partial charge on any atom is -0.481 e. The van der Waals surface area contributed by atoms with Gasteiger partial charge in [-0.3, -0.25) is 4.79 Å². The fourth-order valence-electron chi connectivity index (χ4n) is 1.23. The van der Waals surface area contributed by atoms with Gasteiger partial charge in [-0.05, 0) is 40.4 Å². The summed E-state index contributed by atoms with van der Waals surface area (Å²) in [5.74, 6) is -0.765. The Labute approximate surface area is 91.1 Å². The highest BCUT2D eigenvalue weighted by atomic mass is 79.9. The van der Waals surface area contributed by atoms with E-state index >= 15 is 0 Å². The van der Waals surface area contributed by atoms with E-state index < -0.39 is 5.97 Å². The Hall–Kier alpha value is -1.03. The second-order valence-electron chi connectivity index (χ2n) is 3.06. The molecule has 3 nitrogen and oxygen atoms in total. The summed E-state index contributed by atoms with van der Waals surface area (Å²) in [5, 5.41) is 8.47. The Kier molecular flexibility index (Phi) is 3.95.